The zero-order valence-electron chi connectivity index (χ0n) is 20.3. The molecule has 3 amide bonds. The average molecular weight is 503 g/mol. The summed E-state index contributed by atoms with van der Waals surface area (Å²) in [5, 5.41) is 25.8. The fourth-order valence-electron chi connectivity index (χ4n) is 3.50. The summed E-state index contributed by atoms with van der Waals surface area (Å²) < 4.78 is 0. The normalized spacial score (nSPS) is 14.4. The number of carboxylic acids is 1. The van der Waals surface area contributed by atoms with Gasteiger partial charge in [-0.2, -0.15) is 0 Å². The van der Waals surface area contributed by atoms with Gasteiger partial charge < -0.3 is 36.9 Å². The Labute approximate surface area is 209 Å². The van der Waals surface area contributed by atoms with Gasteiger partial charge in [-0.25, -0.2) is 9.78 Å². The Morgan fingerprint density at radius 3 is 2.11 bits per heavy atom. The van der Waals surface area contributed by atoms with Crippen molar-refractivity contribution in [3.05, 3.63) is 54.1 Å². The number of nitrogens with zero attached hydrogens (tertiary/aromatic N) is 1. The summed E-state index contributed by atoms with van der Waals surface area (Å²) in [5.41, 5.74) is 7.51. The molecule has 0 aliphatic heterocycles. The van der Waals surface area contributed by atoms with Gasteiger partial charge in [0.25, 0.3) is 0 Å². The first-order valence-electron chi connectivity index (χ1n) is 11.6. The van der Waals surface area contributed by atoms with Crippen molar-refractivity contribution in [2.75, 3.05) is 6.61 Å². The topological polar surface area (TPSA) is 200 Å². The highest BCUT2D eigenvalue weighted by Gasteiger charge is 2.31. The van der Waals surface area contributed by atoms with Gasteiger partial charge >= 0.3 is 5.97 Å². The molecule has 1 aromatic heterocycles. The number of nitrogens with one attached hydrogen (secondary N) is 4. The number of nitrogens with two attached hydrogens (primary N) is 1. The maximum absolute atomic E-state index is 13.2. The molecule has 1 heterocycles. The standard InChI is InChI=1S/C24H34N6O6/c1-14(2)8-18(22(33)30-20(12-31)24(35)36)29-23(34)19(10-16-11-26-13-27-16)28-21(32)17(25)9-15-6-4-3-5-7-15/h3-7,11,13-14,17-20,31H,8-10,12,25H2,1-2H3,(H,26,27)(H,28,32)(H,29,34)(H,30,33)(H,35,36). The van der Waals surface area contributed by atoms with E-state index < -0.39 is 54.5 Å². The lowest BCUT2D eigenvalue weighted by Gasteiger charge is -2.25. The van der Waals surface area contributed by atoms with E-state index in [2.05, 4.69) is 25.9 Å². The van der Waals surface area contributed by atoms with E-state index in [1.165, 1.54) is 12.5 Å². The molecule has 2 aromatic rings. The first kappa shape index (κ1) is 28.5. The number of imidazole rings is 1. The van der Waals surface area contributed by atoms with E-state index in [4.69, 9.17) is 10.8 Å². The van der Waals surface area contributed by atoms with Crippen LogP contribution < -0.4 is 21.7 Å². The van der Waals surface area contributed by atoms with Crippen LogP contribution in [0.3, 0.4) is 0 Å². The first-order valence-corrected chi connectivity index (χ1v) is 11.6. The van der Waals surface area contributed by atoms with E-state index in [-0.39, 0.29) is 25.2 Å². The number of rotatable bonds is 14. The summed E-state index contributed by atoms with van der Waals surface area (Å²) in [7, 11) is 0. The lowest BCUT2D eigenvalue weighted by atomic mass is 10.0. The van der Waals surface area contributed by atoms with E-state index >= 15 is 0 Å². The molecule has 0 aliphatic rings. The minimum Gasteiger partial charge on any atom is -0.480 e. The molecule has 0 bridgehead atoms. The number of aliphatic hydroxyl groups excluding tert-OH is 1. The van der Waals surface area contributed by atoms with Gasteiger partial charge in [-0.05, 0) is 24.3 Å². The van der Waals surface area contributed by atoms with Crippen LogP contribution in [0.15, 0.2) is 42.9 Å². The minimum atomic E-state index is -1.51. The van der Waals surface area contributed by atoms with E-state index in [1.807, 2.05) is 44.2 Å². The Bertz CT molecular complexity index is 998. The molecule has 0 spiro atoms. The molecule has 0 radical (unpaired) electrons. The van der Waals surface area contributed by atoms with Gasteiger partial charge in [-0.1, -0.05) is 44.2 Å². The molecule has 1 aromatic carbocycles. The molecule has 0 saturated carbocycles. The first-order chi connectivity index (χ1) is 17.1. The van der Waals surface area contributed by atoms with Gasteiger partial charge in [-0.15, -0.1) is 0 Å². The number of aliphatic carboxylic acids is 1. The molecule has 4 atom stereocenters. The maximum atomic E-state index is 13.2. The van der Waals surface area contributed by atoms with Crippen LogP contribution in [0.5, 0.6) is 0 Å². The molecular formula is C24H34N6O6. The van der Waals surface area contributed by atoms with Crippen LogP contribution in [-0.4, -0.2) is 74.6 Å². The number of carbonyl (C=O) groups excluding carboxylic acids is 3. The van der Waals surface area contributed by atoms with Crippen molar-refractivity contribution in [3.63, 3.8) is 0 Å². The predicted molar refractivity (Wildman–Crippen MR) is 130 cm³/mol. The zero-order chi connectivity index (χ0) is 26.7. The Morgan fingerprint density at radius 2 is 1.56 bits per heavy atom. The number of aromatic nitrogens is 2. The van der Waals surface area contributed by atoms with E-state index in [0.29, 0.717) is 5.69 Å². The average Bonchev–Trinajstić information content (AvgIpc) is 3.34. The van der Waals surface area contributed by atoms with Crippen molar-refractivity contribution < 1.29 is 29.4 Å². The zero-order valence-corrected chi connectivity index (χ0v) is 20.3. The number of carbonyl (C=O) groups is 4. The van der Waals surface area contributed by atoms with Crippen molar-refractivity contribution >= 4 is 23.7 Å². The number of hydrogen-bond acceptors (Lipinski definition) is 7. The molecule has 8 N–H and O–H groups in total. The second-order valence-electron chi connectivity index (χ2n) is 8.91. The largest absolute Gasteiger partial charge is 0.480 e. The number of benzene rings is 1. The Kier molecular flexibility index (Phi) is 11.0. The third-order valence-electron chi connectivity index (χ3n) is 5.38. The molecule has 12 heteroatoms. The molecule has 12 nitrogen and oxygen atoms in total. The second kappa shape index (κ2) is 14.0. The van der Waals surface area contributed by atoms with Gasteiger partial charge in [0, 0.05) is 18.3 Å². The molecule has 196 valence electrons. The van der Waals surface area contributed by atoms with Crippen LogP contribution in [0, 0.1) is 5.92 Å². The summed E-state index contributed by atoms with van der Waals surface area (Å²) in [6.45, 7) is 2.86. The van der Waals surface area contributed by atoms with Crippen LogP contribution in [-0.2, 0) is 32.0 Å². The fraction of sp³-hybridized carbons (Fsp3) is 0.458. The van der Waals surface area contributed by atoms with E-state index in [1.54, 1.807) is 0 Å². The maximum Gasteiger partial charge on any atom is 0.328 e. The minimum absolute atomic E-state index is 0.0293. The summed E-state index contributed by atoms with van der Waals surface area (Å²) in [6.07, 6.45) is 3.46. The van der Waals surface area contributed by atoms with Gasteiger partial charge in [0.2, 0.25) is 17.7 Å². The highest BCUT2D eigenvalue weighted by Crippen LogP contribution is 2.08. The second-order valence-corrected chi connectivity index (χ2v) is 8.91. The molecule has 0 aliphatic carbocycles. The SMILES string of the molecule is CC(C)CC(NC(=O)C(Cc1cnc[nH]1)NC(=O)C(N)Cc1ccccc1)C(=O)NC(CO)C(=O)O. The van der Waals surface area contributed by atoms with Crippen LogP contribution in [0.25, 0.3) is 0 Å². The lowest BCUT2D eigenvalue weighted by molar-refractivity contribution is -0.143. The number of aliphatic hydroxyl groups is 1. The molecule has 36 heavy (non-hydrogen) atoms. The molecule has 0 saturated heterocycles. The lowest BCUT2D eigenvalue weighted by Crippen LogP contribution is -2.58. The molecule has 0 fully saturated rings. The highest BCUT2D eigenvalue weighted by molar-refractivity contribution is 5.94. The quantitative estimate of drug-likeness (QED) is 0.172. The van der Waals surface area contributed by atoms with Crippen LogP contribution >= 0.6 is 0 Å². The van der Waals surface area contributed by atoms with E-state index in [0.717, 1.165) is 5.56 Å². The Morgan fingerprint density at radius 1 is 0.944 bits per heavy atom. The van der Waals surface area contributed by atoms with Crippen molar-refractivity contribution in [2.24, 2.45) is 11.7 Å². The summed E-state index contributed by atoms with van der Waals surface area (Å²) >= 11 is 0. The number of H-pyrrole nitrogens is 1. The van der Waals surface area contributed by atoms with Crippen LogP contribution in [0.4, 0.5) is 0 Å². The number of aromatic amines is 1. The molecular weight excluding hydrogens is 468 g/mol. The highest BCUT2D eigenvalue weighted by atomic mass is 16.4. The van der Waals surface area contributed by atoms with Gasteiger partial charge in [-0.3, -0.25) is 14.4 Å². The molecule has 4 unspecified atom stereocenters. The summed E-state index contributed by atoms with van der Waals surface area (Å²) in [5.74, 6) is -3.39. The smallest absolute Gasteiger partial charge is 0.328 e. The van der Waals surface area contributed by atoms with Crippen LogP contribution in [0.1, 0.15) is 31.5 Å². The van der Waals surface area contributed by atoms with Gasteiger partial charge in [0.1, 0.15) is 18.1 Å². The summed E-state index contributed by atoms with van der Waals surface area (Å²) in [4.78, 5) is 56.8. The van der Waals surface area contributed by atoms with E-state index in [9.17, 15) is 24.3 Å². The number of amides is 3. The Balaban J connectivity index is 2.15. The monoisotopic (exact) mass is 502 g/mol. The Hall–Kier alpha value is -3.77. The summed E-state index contributed by atoms with van der Waals surface area (Å²) in [6, 6.07) is 4.59. The third-order valence-corrected chi connectivity index (χ3v) is 5.38. The van der Waals surface area contributed by atoms with Crippen LogP contribution in [0.2, 0.25) is 0 Å². The molecule has 2 rings (SSSR count). The fourth-order valence-corrected chi connectivity index (χ4v) is 3.50. The van der Waals surface area contributed by atoms with Crippen molar-refractivity contribution in [1.29, 1.82) is 0 Å². The number of hydrogen-bond donors (Lipinski definition) is 7. The number of carboxylic acid groups (broad SMARTS) is 1. The third kappa shape index (κ3) is 9.12. The van der Waals surface area contributed by atoms with Crippen molar-refractivity contribution in [1.82, 2.24) is 25.9 Å². The van der Waals surface area contributed by atoms with Gasteiger partial charge in [0.05, 0.1) is 19.0 Å². The van der Waals surface area contributed by atoms with Crippen molar-refractivity contribution in [2.45, 2.75) is 57.3 Å². The van der Waals surface area contributed by atoms with Crippen molar-refractivity contribution in [3.8, 4) is 0 Å². The predicted octanol–water partition coefficient (Wildman–Crippen LogP) is -0.900. The van der Waals surface area contributed by atoms with Gasteiger partial charge in [0.15, 0.2) is 0 Å².